The van der Waals surface area contributed by atoms with Gasteiger partial charge in [0.2, 0.25) is 0 Å². The van der Waals surface area contributed by atoms with Crippen LogP contribution in [0, 0.1) is 0 Å². The van der Waals surface area contributed by atoms with Crippen molar-refractivity contribution in [1.82, 2.24) is 4.98 Å². The largest absolute Gasteiger partial charge is 0.397 e. The number of nitrogens with zero attached hydrogens (tertiary/aromatic N) is 2. The number of rotatable bonds is 0. The van der Waals surface area contributed by atoms with Gasteiger partial charge in [-0.1, -0.05) is 11.6 Å². The number of hydrogen-bond donors (Lipinski definition) is 1. The first-order valence-electron chi connectivity index (χ1n) is 4.54. The molecule has 2 aliphatic heterocycles. The molecule has 1 aromatic heterocycles. The molecule has 2 unspecified atom stereocenters. The third-order valence-electron chi connectivity index (χ3n) is 2.67. The molecule has 2 atom stereocenters. The molecular weight excluding hydrogens is 202 g/mol. The van der Waals surface area contributed by atoms with Gasteiger partial charge in [-0.3, -0.25) is 4.98 Å². The molecule has 0 spiro atoms. The third kappa shape index (κ3) is 1.01. The highest BCUT2D eigenvalue weighted by atomic mass is 35.5. The summed E-state index contributed by atoms with van der Waals surface area (Å²) >= 11 is 5.96. The summed E-state index contributed by atoms with van der Waals surface area (Å²) in [6, 6.07) is 1.81. The zero-order valence-corrected chi connectivity index (χ0v) is 8.24. The van der Waals surface area contributed by atoms with Crippen LogP contribution in [-0.4, -0.2) is 23.6 Å². The SMILES string of the molecule is Nc1ccnc2c1N1CC(Cl)OC2C1. The summed E-state index contributed by atoms with van der Waals surface area (Å²) in [5, 5.41) is 0. The number of nitrogen functional groups attached to an aromatic ring is 1. The lowest BCUT2D eigenvalue weighted by Crippen LogP contribution is -2.36. The Balaban J connectivity index is 2.13. The maximum atomic E-state index is 5.96. The third-order valence-corrected chi connectivity index (χ3v) is 2.91. The van der Waals surface area contributed by atoms with E-state index in [0.29, 0.717) is 6.54 Å². The second-order valence-electron chi connectivity index (χ2n) is 3.57. The fourth-order valence-electron chi connectivity index (χ4n) is 2.11. The normalized spacial score (nSPS) is 29.1. The highest BCUT2D eigenvalue weighted by Crippen LogP contribution is 2.43. The number of hydrogen-bond acceptors (Lipinski definition) is 4. The Hall–Kier alpha value is -1.00. The van der Waals surface area contributed by atoms with Crippen LogP contribution in [0.3, 0.4) is 0 Å². The minimum absolute atomic E-state index is 0.00949. The van der Waals surface area contributed by atoms with Crippen molar-refractivity contribution in [3.05, 3.63) is 18.0 Å². The van der Waals surface area contributed by atoms with E-state index in [9.17, 15) is 0 Å². The van der Waals surface area contributed by atoms with Crippen molar-refractivity contribution in [2.75, 3.05) is 23.7 Å². The van der Waals surface area contributed by atoms with Crippen LogP contribution in [0.15, 0.2) is 12.3 Å². The van der Waals surface area contributed by atoms with E-state index in [1.165, 1.54) is 0 Å². The van der Waals surface area contributed by atoms with Crippen molar-refractivity contribution in [2.45, 2.75) is 11.7 Å². The summed E-state index contributed by atoms with van der Waals surface area (Å²) in [6.45, 7) is 1.50. The number of ether oxygens (including phenoxy) is 1. The number of pyridine rings is 1. The van der Waals surface area contributed by atoms with Crippen LogP contribution in [0.1, 0.15) is 11.8 Å². The smallest absolute Gasteiger partial charge is 0.149 e. The Morgan fingerprint density at radius 2 is 2.43 bits per heavy atom. The van der Waals surface area contributed by atoms with E-state index in [1.54, 1.807) is 6.20 Å². The molecule has 0 aromatic carbocycles. The number of alkyl halides is 1. The van der Waals surface area contributed by atoms with Crippen molar-refractivity contribution in [2.24, 2.45) is 0 Å². The minimum atomic E-state index is -0.262. The number of anilines is 2. The molecule has 14 heavy (non-hydrogen) atoms. The Bertz CT molecular complexity index is 382. The van der Waals surface area contributed by atoms with Gasteiger partial charge in [-0.15, -0.1) is 0 Å². The highest BCUT2D eigenvalue weighted by molar-refractivity contribution is 6.20. The molecule has 4 nitrogen and oxygen atoms in total. The van der Waals surface area contributed by atoms with Crippen LogP contribution in [0.5, 0.6) is 0 Å². The van der Waals surface area contributed by atoms with E-state index in [4.69, 9.17) is 22.1 Å². The predicted octanol–water partition coefficient (Wildman–Crippen LogP) is 1.12. The van der Waals surface area contributed by atoms with E-state index >= 15 is 0 Å². The fraction of sp³-hybridized carbons (Fsp3) is 0.444. The summed E-state index contributed by atoms with van der Waals surface area (Å²) in [5.74, 6) is 0. The summed E-state index contributed by atoms with van der Waals surface area (Å²) in [6.07, 6.45) is 1.70. The van der Waals surface area contributed by atoms with Gasteiger partial charge in [0.05, 0.1) is 30.2 Å². The molecule has 2 aliphatic rings. The van der Waals surface area contributed by atoms with Gasteiger partial charge in [0.15, 0.2) is 0 Å². The molecule has 0 amide bonds. The van der Waals surface area contributed by atoms with Crippen molar-refractivity contribution in [3.8, 4) is 0 Å². The Labute approximate surface area is 86.6 Å². The van der Waals surface area contributed by atoms with E-state index in [-0.39, 0.29) is 11.7 Å². The molecule has 5 heteroatoms. The van der Waals surface area contributed by atoms with Gasteiger partial charge in [-0.2, -0.15) is 0 Å². The van der Waals surface area contributed by atoms with Crippen molar-refractivity contribution >= 4 is 23.0 Å². The van der Waals surface area contributed by atoms with Crippen molar-refractivity contribution in [1.29, 1.82) is 0 Å². The molecule has 1 saturated heterocycles. The van der Waals surface area contributed by atoms with Crippen molar-refractivity contribution in [3.63, 3.8) is 0 Å². The zero-order valence-electron chi connectivity index (χ0n) is 7.48. The second-order valence-corrected chi connectivity index (χ2v) is 4.06. The zero-order chi connectivity index (χ0) is 9.71. The van der Waals surface area contributed by atoms with E-state index in [0.717, 1.165) is 23.6 Å². The Morgan fingerprint density at radius 1 is 1.57 bits per heavy atom. The lowest BCUT2D eigenvalue weighted by molar-refractivity contribution is 0.0232. The summed E-state index contributed by atoms with van der Waals surface area (Å²) in [5.41, 5.74) is 8.31. The van der Waals surface area contributed by atoms with Crippen LogP contribution in [0.25, 0.3) is 0 Å². The van der Waals surface area contributed by atoms with Gasteiger partial charge in [0, 0.05) is 6.20 Å². The number of fused-ring (bicyclic) bond motifs is 5. The van der Waals surface area contributed by atoms with Gasteiger partial charge in [0.1, 0.15) is 11.7 Å². The topological polar surface area (TPSA) is 51.4 Å². The molecule has 0 radical (unpaired) electrons. The molecule has 2 N–H and O–H groups in total. The Morgan fingerprint density at radius 3 is 3.29 bits per heavy atom. The lowest BCUT2D eigenvalue weighted by atomic mass is 10.2. The molecular formula is C9H10ClN3O. The molecule has 0 aliphatic carbocycles. The Kier molecular flexibility index (Phi) is 1.63. The van der Waals surface area contributed by atoms with E-state index < -0.39 is 0 Å². The quantitative estimate of drug-likeness (QED) is 0.654. The first-order chi connectivity index (χ1) is 6.75. The van der Waals surface area contributed by atoms with Gasteiger partial charge in [-0.25, -0.2) is 0 Å². The number of nitrogens with two attached hydrogens (primary N) is 1. The average molecular weight is 212 g/mol. The first kappa shape index (κ1) is 8.32. The van der Waals surface area contributed by atoms with Crippen LogP contribution in [-0.2, 0) is 4.74 Å². The van der Waals surface area contributed by atoms with E-state index in [1.807, 2.05) is 6.07 Å². The molecule has 1 aromatic rings. The first-order valence-corrected chi connectivity index (χ1v) is 4.98. The number of morpholine rings is 1. The van der Waals surface area contributed by atoms with Crippen LogP contribution in [0.2, 0.25) is 0 Å². The number of aromatic nitrogens is 1. The van der Waals surface area contributed by atoms with Crippen LogP contribution >= 0.6 is 11.6 Å². The van der Waals surface area contributed by atoms with Gasteiger partial charge in [0.25, 0.3) is 0 Å². The van der Waals surface area contributed by atoms with Gasteiger partial charge in [-0.05, 0) is 6.07 Å². The monoisotopic (exact) mass is 211 g/mol. The highest BCUT2D eigenvalue weighted by Gasteiger charge is 2.38. The standard InChI is InChI=1S/C9H10ClN3O/c10-7-4-13-3-6(14-7)8-9(13)5(11)1-2-12-8/h1-2,6-7H,3-4H2,(H2,11,12). The maximum Gasteiger partial charge on any atom is 0.149 e. The van der Waals surface area contributed by atoms with Crippen molar-refractivity contribution < 1.29 is 4.74 Å². The molecule has 74 valence electrons. The lowest BCUT2D eigenvalue weighted by Gasteiger charge is -2.28. The molecule has 1 fully saturated rings. The second kappa shape index (κ2) is 2.74. The van der Waals surface area contributed by atoms with E-state index in [2.05, 4.69) is 9.88 Å². The summed E-state index contributed by atoms with van der Waals surface area (Å²) in [4.78, 5) is 6.43. The summed E-state index contributed by atoms with van der Waals surface area (Å²) in [7, 11) is 0. The fourth-order valence-corrected chi connectivity index (χ4v) is 2.40. The summed E-state index contributed by atoms with van der Waals surface area (Å²) < 4.78 is 5.56. The molecule has 3 heterocycles. The van der Waals surface area contributed by atoms with Gasteiger partial charge < -0.3 is 15.4 Å². The molecule has 2 bridgehead atoms. The number of halogens is 1. The van der Waals surface area contributed by atoms with Gasteiger partial charge >= 0.3 is 0 Å². The molecule has 3 rings (SSSR count). The predicted molar refractivity (Wildman–Crippen MR) is 54.3 cm³/mol. The maximum absolute atomic E-state index is 5.96. The average Bonchev–Trinajstić information content (AvgIpc) is 2.40. The van der Waals surface area contributed by atoms with Crippen LogP contribution in [0.4, 0.5) is 11.4 Å². The minimum Gasteiger partial charge on any atom is -0.397 e. The molecule has 0 saturated carbocycles. The van der Waals surface area contributed by atoms with Crippen LogP contribution < -0.4 is 10.6 Å².